The quantitative estimate of drug-likeness (QED) is 0.845. The van der Waals surface area contributed by atoms with Crippen molar-refractivity contribution in [2.24, 2.45) is 0 Å². The monoisotopic (exact) mass is 221 g/mol. The highest BCUT2D eigenvalue weighted by Crippen LogP contribution is 2.26. The maximum atomic E-state index is 9.53. The van der Waals surface area contributed by atoms with E-state index < -0.39 is 0 Å². The van der Waals surface area contributed by atoms with Crippen molar-refractivity contribution in [3.8, 4) is 5.75 Å². The van der Waals surface area contributed by atoms with E-state index in [1.165, 1.54) is 5.56 Å². The second-order valence-electron chi connectivity index (χ2n) is 4.39. The topological polar surface area (TPSA) is 32.7 Å². The Hall–Kier alpha value is -1.06. The first kappa shape index (κ1) is 11.4. The molecule has 88 valence electrons. The Kier molecular flexibility index (Phi) is 3.46. The minimum atomic E-state index is -0.159. The lowest BCUT2D eigenvalue weighted by atomic mass is 10.1. The van der Waals surface area contributed by atoms with E-state index in [4.69, 9.17) is 4.74 Å². The summed E-state index contributed by atoms with van der Waals surface area (Å²) in [5, 5.41) is 9.53. The van der Waals surface area contributed by atoms with Crippen LogP contribution in [0, 0.1) is 0 Å². The highest BCUT2D eigenvalue weighted by atomic mass is 16.5. The van der Waals surface area contributed by atoms with E-state index >= 15 is 0 Å². The number of methoxy groups -OCH3 is 1. The third kappa shape index (κ3) is 2.36. The van der Waals surface area contributed by atoms with Crippen molar-refractivity contribution in [3.05, 3.63) is 29.8 Å². The van der Waals surface area contributed by atoms with Crippen LogP contribution in [-0.4, -0.2) is 36.3 Å². The molecule has 1 aliphatic heterocycles. The normalized spacial score (nSPS) is 23.3. The average Bonchev–Trinajstić information content (AvgIpc) is 2.75. The highest BCUT2D eigenvalue weighted by molar-refractivity contribution is 5.30. The third-order valence-corrected chi connectivity index (χ3v) is 3.32. The smallest absolute Gasteiger partial charge is 0.119 e. The zero-order valence-corrected chi connectivity index (χ0v) is 9.89. The predicted molar refractivity (Wildman–Crippen MR) is 63.6 cm³/mol. The van der Waals surface area contributed by atoms with E-state index in [9.17, 15) is 5.11 Å². The Morgan fingerprint density at radius 2 is 2.31 bits per heavy atom. The van der Waals surface area contributed by atoms with Crippen molar-refractivity contribution >= 4 is 0 Å². The van der Waals surface area contributed by atoms with E-state index in [2.05, 4.69) is 24.0 Å². The summed E-state index contributed by atoms with van der Waals surface area (Å²) in [6.07, 6.45) is 0.724. The molecule has 2 rings (SSSR count). The van der Waals surface area contributed by atoms with Crippen LogP contribution >= 0.6 is 0 Å². The number of ether oxygens (including phenoxy) is 1. The second-order valence-corrected chi connectivity index (χ2v) is 4.39. The minimum Gasteiger partial charge on any atom is -0.497 e. The molecule has 16 heavy (non-hydrogen) atoms. The molecule has 0 bridgehead atoms. The summed E-state index contributed by atoms with van der Waals surface area (Å²) >= 11 is 0. The van der Waals surface area contributed by atoms with Gasteiger partial charge in [0.25, 0.3) is 0 Å². The largest absolute Gasteiger partial charge is 0.497 e. The fraction of sp³-hybridized carbons (Fsp3) is 0.538. The van der Waals surface area contributed by atoms with Gasteiger partial charge in [0.05, 0.1) is 13.2 Å². The van der Waals surface area contributed by atoms with Gasteiger partial charge in [-0.1, -0.05) is 12.1 Å². The number of aliphatic hydroxyl groups excluding tert-OH is 1. The molecule has 0 aliphatic carbocycles. The van der Waals surface area contributed by atoms with Crippen LogP contribution < -0.4 is 4.74 Å². The van der Waals surface area contributed by atoms with E-state index in [0.29, 0.717) is 6.04 Å². The molecular weight excluding hydrogens is 202 g/mol. The number of rotatable bonds is 3. The molecule has 1 aromatic carbocycles. The Bertz CT molecular complexity index is 354. The van der Waals surface area contributed by atoms with E-state index in [0.717, 1.165) is 25.3 Å². The van der Waals surface area contributed by atoms with Gasteiger partial charge in [-0.3, -0.25) is 4.90 Å². The van der Waals surface area contributed by atoms with Gasteiger partial charge in [0.2, 0.25) is 0 Å². The van der Waals surface area contributed by atoms with Gasteiger partial charge in [-0.05, 0) is 31.0 Å². The maximum absolute atomic E-state index is 9.53. The average molecular weight is 221 g/mol. The molecule has 1 aromatic rings. The van der Waals surface area contributed by atoms with Gasteiger partial charge in [-0.2, -0.15) is 0 Å². The van der Waals surface area contributed by atoms with E-state index in [-0.39, 0.29) is 6.10 Å². The molecular formula is C13H19NO2. The lowest BCUT2D eigenvalue weighted by Crippen LogP contribution is -2.25. The molecule has 0 amide bonds. The van der Waals surface area contributed by atoms with Crippen LogP contribution in [0.4, 0.5) is 0 Å². The predicted octanol–water partition coefficient (Wildman–Crippen LogP) is 1.82. The molecule has 1 heterocycles. The summed E-state index contributed by atoms with van der Waals surface area (Å²) in [4.78, 5) is 2.31. The molecule has 0 saturated carbocycles. The molecule has 1 saturated heterocycles. The molecule has 3 nitrogen and oxygen atoms in total. The molecule has 3 heteroatoms. The minimum absolute atomic E-state index is 0.159. The van der Waals surface area contributed by atoms with Gasteiger partial charge in [-0.15, -0.1) is 0 Å². The van der Waals surface area contributed by atoms with Gasteiger partial charge >= 0.3 is 0 Å². The first-order chi connectivity index (χ1) is 7.70. The Labute approximate surface area is 96.6 Å². The Morgan fingerprint density at radius 1 is 1.50 bits per heavy atom. The summed E-state index contributed by atoms with van der Waals surface area (Å²) in [5.74, 6) is 0.893. The van der Waals surface area contributed by atoms with Crippen LogP contribution in [0.1, 0.15) is 24.9 Å². The summed E-state index contributed by atoms with van der Waals surface area (Å²) in [5.41, 5.74) is 1.24. The van der Waals surface area contributed by atoms with Crippen molar-refractivity contribution in [2.75, 3.05) is 20.2 Å². The second kappa shape index (κ2) is 4.85. The lowest BCUT2D eigenvalue weighted by molar-refractivity contribution is 0.163. The highest BCUT2D eigenvalue weighted by Gasteiger charge is 2.25. The van der Waals surface area contributed by atoms with Crippen molar-refractivity contribution in [3.63, 3.8) is 0 Å². The summed E-state index contributed by atoms with van der Waals surface area (Å²) in [7, 11) is 1.68. The molecule has 2 atom stereocenters. The molecule has 1 fully saturated rings. The van der Waals surface area contributed by atoms with Crippen LogP contribution in [0.3, 0.4) is 0 Å². The summed E-state index contributed by atoms with van der Waals surface area (Å²) in [6, 6.07) is 8.48. The van der Waals surface area contributed by atoms with Gasteiger partial charge in [-0.25, -0.2) is 0 Å². The van der Waals surface area contributed by atoms with Crippen LogP contribution in [-0.2, 0) is 0 Å². The number of hydrogen-bond donors (Lipinski definition) is 1. The molecule has 1 N–H and O–H groups in total. The van der Waals surface area contributed by atoms with E-state index in [1.54, 1.807) is 7.11 Å². The number of likely N-dealkylation sites (tertiary alicyclic amines) is 1. The van der Waals surface area contributed by atoms with Crippen molar-refractivity contribution < 1.29 is 9.84 Å². The first-order valence-electron chi connectivity index (χ1n) is 5.77. The Morgan fingerprint density at radius 3 is 2.94 bits per heavy atom. The lowest BCUT2D eigenvalue weighted by Gasteiger charge is -2.24. The fourth-order valence-corrected chi connectivity index (χ4v) is 2.23. The van der Waals surface area contributed by atoms with Gasteiger partial charge in [0.15, 0.2) is 0 Å². The first-order valence-corrected chi connectivity index (χ1v) is 5.77. The molecule has 1 aliphatic rings. The SMILES string of the molecule is COc1cccc(C(C)N2CC[C@@H](O)C2)c1. The van der Waals surface area contributed by atoms with Gasteiger partial charge in [0.1, 0.15) is 5.75 Å². The summed E-state index contributed by atoms with van der Waals surface area (Å²) < 4.78 is 5.22. The van der Waals surface area contributed by atoms with Crippen molar-refractivity contribution in [1.29, 1.82) is 0 Å². The van der Waals surface area contributed by atoms with Crippen LogP contribution in [0.2, 0.25) is 0 Å². The van der Waals surface area contributed by atoms with Crippen LogP contribution in [0.15, 0.2) is 24.3 Å². The number of hydrogen-bond acceptors (Lipinski definition) is 3. The molecule has 0 spiro atoms. The van der Waals surface area contributed by atoms with E-state index in [1.807, 2.05) is 12.1 Å². The zero-order valence-electron chi connectivity index (χ0n) is 9.89. The standard InChI is InChI=1S/C13H19NO2/c1-10(14-7-6-12(15)9-14)11-4-3-5-13(8-11)16-2/h3-5,8,10,12,15H,6-7,9H2,1-2H3/t10?,12-/m1/s1. The van der Waals surface area contributed by atoms with Crippen molar-refractivity contribution in [2.45, 2.75) is 25.5 Å². The number of nitrogens with zero attached hydrogens (tertiary/aromatic N) is 1. The van der Waals surface area contributed by atoms with Crippen molar-refractivity contribution in [1.82, 2.24) is 4.90 Å². The third-order valence-electron chi connectivity index (χ3n) is 3.32. The fourth-order valence-electron chi connectivity index (χ4n) is 2.23. The Balaban J connectivity index is 2.10. The molecule has 0 radical (unpaired) electrons. The zero-order chi connectivity index (χ0) is 11.5. The molecule has 1 unspecified atom stereocenters. The number of aliphatic hydroxyl groups is 1. The summed E-state index contributed by atoms with van der Waals surface area (Å²) in [6.45, 7) is 3.92. The maximum Gasteiger partial charge on any atom is 0.119 e. The van der Waals surface area contributed by atoms with Gasteiger partial charge in [0, 0.05) is 19.1 Å². The number of β-amino-alcohol motifs (C(OH)–C–C–N with tert-alkyl or cyclic N) is 1. The number of benzene rings is 1. The van der Waals surface area contributed by atoms with Gasteiger partial charge < -0.3 is 9.84 Å². The molecule has 0 aromatic heterocycles. The van der Waals surface area contributed by atoms with Crippen LogP contribution in [0.5, 0.6) is 5.75 Å². The van der Waals surface area contributed by atoms with Crippen LogP contribution in [0.25, 0.3) is 0 Å².